The number of rotatable bonds is 2. The molecule has 3 aromatic rings. The third-order valence-corrected chi connectivity index (χ3v) is 4.83. The van der Waals surface area contributed by atoms with Gasteiger partial charge in [0.15, 0.2) is 0 Å². The molecule has 24 heavy (non-hydrogen) atoms. The number of carbonyl (C=O) groups is 1. The van der Waals surface area contributed by atoms with Crippen LogP contribution < -0.4 is 0 Å². The summed E-state index contributed by atoms with van der Waals surface area (Å²) >= 11 is 1.65. The molecule has 1 aliphatic heterocycles. The van der Waals surface area contributed by atoms with E-state index in [4.69, 9.17) is 0 Å². The van der Waals surface area contributed by atoms with E-state index in [2.05, 4.69) is 31.4 Å². The summed E-state index contributed by atoms with van der Waals surface area (Å²) in [5.74, 6) is -0.0825. The lowest BCUT2D eigenvalue weighted by atomic mass is 10.0. The molecule has 0 spiro atoms. The topological polar surface area (TPSA) is 71.9 Å². The third-order valence-electron chi connectivity index (χ3n) is 4.15. The smallest absolute Gasteiger partial charge is 0.274 e. The number of hydrogen-bond acceptors (Lipinski definition) is 6. The predicted octanol–water partition coefficient (Wildman–Crippen LogP) is 2.24. The molecule has 0 saturated heterocycles. The van der Waals surface area contributed by atoms with Crippen molar-refractivity contribution in [1.29, 1.82) is 0 Å². The van der Waals surface area contributed by atoms with Crippen LogP contribution in [-0.4, -0.2) is 43.8 Å². The molecule has 0 aliphatic carbocycles. The molecule has 1 aliphatic rings. The summed E-state index contributed by atoms with van der Waals surface area (Å²) in [6.45, 7) is 1.26. The molecule has 0 N–H and O–H groups in total. The second kappa shape index (κ2) is 6.45. The first-order valence-electron chi connectivity index (χ1n) is 7.73. The number of fused-ring (bicyclic) bond motifs is 1. The Bertz CT molecular complexity index is 851. The Hall–Kier alpha value is -2.67. The van der Waals surface area contributed by atoms with Gasteiger partial charge in [-0.2, -0.15) is 11.3 Å². The molecule has 120 valence electrons. The van der Waals surface area contributed by atoms with Gasteiger partial charge in [-0.05, 0) is 17.9 Å². The number of aromatic nitrogens is 4. The van der Waals surface area contributed by atoms with E-state index in [0.717, 1.165) is 35.4 Å². The molecule has 6 nitrogen and oxygen atoms in total. The number of nitrogens with zero attached hydrogens (tertiary/aromatic N) is 5. The molecular weight excluding hydrogens is 322 g/mol. The molecule has 0 atom stereocenters. The summed E-state index contributed by atoms with van der Waals surface area (Å²) in [5.41, 5.74) is 4.65. The Balaban J connectivity index is 1.61. The highest BCUT2D eigenvalue weighted by molar-refractivity contribution is 7.08. The van der Waals surface area contributed by atoms with Crippen LogP contribution in [0, 0.1) is 0 Å². The minimum absolute atomic E-state index is 0.0825. The van der Waals surface area contributed by atoms with Crippen LogP contribution in [0.5, 0.6) is 0 Å². The maximum absolute atomic E-state index is 12.6. The number of thiophene rings is 1. The van der Waals surface area contributed by atoms with E-state index < -0.39 is 0 Å². The van der Waals surface area contributed by atoms with Crippen LogP contribution in [-0.2, 0) is 12.8 Å². The highest BCUT2D eigenvalue weighted by atomic mass is 32.1. The molecule has 0 radical (unpaired) electrons. The third kappa shape index (κ3) is 2.78. The van der Waals surface area contributed by atoms with Gasteiger partial charge in [-0.1, -0.05) is 0 Å². The monoisotopic (exact) mass is 337 g/mol. The fraction of sp³-hybridized carbons (Fsp3) is 0.235. The fourth-order valence-electron chi connectivity index (χ4n) is 2.95. The van der Waals surface area contributed by atoms with E-state index in [9.17, 15) is 4.79 Å². The SMILES string of the molecule is O=C(c1cnccn1)N1CCc2ncnc(-c3ccsc3)c2CC1. The van der Waals surface area contributed by atoms with Crippen molar-refractivity contribution in [3.63, 3.8) is 0 Å². The lowest BCUT2D eigenvalue weighted by Gasteiger charge is -2.19. The molecule has 3 aromatic heterocycles. The average Bonchev–Trinajstić information content (AvgIpc) is 3.08. The lowest BCUT2D eigenvalue weighted by molar-refractivity contribution is 0.0756. The first-order chi connectivity index (χ1) is 11.8. The molecule has 1 amide bonds. The largest absolute Gasteiger partial charge is 0.337 e. The van der Waals surface area contributed by atoms with Gasteiger partial charge in [0.05, 0.1) is 11.9 Å². The molecule has 0 bridgehead atoms. The summed E-state index contributed by atoms with van der Waals surface area (Å²) in [6.07, 6.45) is 7.70. The van der Waals surface area contributed by atoms with E-state index in [-0.39, 0.29) is 5.91 Å². The van der Waals surface area contributed by atoms with Gasteiger partial charge in [0.25, 0.3) is 5.91 Å². The molecule has 0 saturated carbocycles. The number of carbonyl (C=O) groups excluding carboxylic acids is 1. The molecule has 4 rings (SSSR count). The Labute approximate surface area is 143 Å². The van der Waals surface area contributed by atoms with Crippen LogP contribution in [0.2, 0.25) is 0 Å². The van der Waals surface area contributed by atoms with Gasteiger partial charge in [-0.25, -0.2) is 15.0 Å². The van der Waals surface area contributed by atoms with E-state index in [0.29, 0.717) is 18.8 Å². The number of amides is 1. The van der Waals surface area contributed by atoms with Crippen LogP contribution in [0.4, 0.5) is 0 Å². The maximum Gasteiger partial charge on any atom is 0.274 e. The van der Waals surface area contributed by atoms with E-state index in [1.165, 1.54) is 6.20 Å². The quantitative estimate of drug-likeness (QED) is 0.717. The van der Waals surface area contributed by atoms with Crippen molar-refractivity contribution in [3.8, 4) is 11.3 Å². The Morgan fingerprint density at radius 3 is 2.83 bits per heavy atom. The predicted molar refractivity (Wildman–Crippen MR) is 90.7 cm³/mol. The summed E-state index contributed by atoms with van der Waals surface area (Å²) in [5, 5.41) is 4.14. The van der Waals surface area contributed by atoms with Crippen molar-refractivity contribution >= 4 is 17.2 Å². The zero-order valence-corrected chi connectivity index (χ0v) is 13.7. The zero-order valence-electron chi connectivity index (χ0n) is 12.9. The average molecular weight is 337 g/mol. The number of hydrogen-bond donors (Lipinski definition) is 0. The van der Waals surface area contributed by atoms with Gasteiger partial charge in [0, 0.05) is 54.1 Å². The normalized spacial score (nSPS) is 14.1. The van der Waals surface area contributed by atoms with Gasteiger partial charge < -0.3 is 4.90 Å². The second-order valence-electron chi connectivity index (χ2n) is 5.54. The molecule has 4 heterocycles. The first kappa shape index (κ1) is 14.9. The summed E-state index contributed by atoms with van der Waals surface area (Å²) < 4.78 is 0. The maximum atomic E-state index is 12.6. The molecule has 0 unspecified atom stereocenters. The van der Waals surface area contributed by atoms with Crippen LogP contribution in [0.3, 0.4) is 0 Å². The van der Waals surface area contributed by atoms with E-state index in [1.54, 1.807) is 30.1 Å². The highest BCUT2D eigenvalue weighted by Gasteiger charge is 2.23. The standard InChI is InChI=1S/C17H15N5OS/c23-17(15-9-18-4-5-19-15)22-6-1-13-14(2-7-22)20-11-21-16(13)12-3-8-24-10-12/h3-5,8-11H,1-2,6-7H2. The molecule has 0 aromatic carbocycles. The zero-order chi connectivity index (χ0) is 16.4. The van der Waals surface area contributed by atoms with Crippen LogP contribution in [0.25, 0.3) is 11.3 Å². The highest BCUT2D eigenvalue weighted by Crippen LogP contribution is 2.27. The van der Waals surface area contributed by atoms with Crippen molar-refractivity contribution < 1.29 is 4.79 Å². The lowest BCUT2D eigenvalue weighted by Crippen LogP contribution is -2.33. The van der Waals surface area contributed by atoms with Crippen molar-refractivity contribution in [2.75, 3.05) is 13.1 Å². The Morgan fingerprint density at radius 1 is 1.12 bits per heavy atom. The van der Waals surface area contributed by atoms with Gasteiger partial charge >= 0.3 is 0 Å². The van der Waals surface area contributed by atoms with Crippen LogP contribution in [0.15, 0.2) is 41.7 Å². The van der Waals surface area contributed by atoms with Gasteiger partial charge in [0.2, 0.25) is 0 Å². The molecular formula is C17H15N5OS. The van der Waals surface area contributed by atoms with Crippen LogP contribution >= 0.6 is 11.3 Å². The van der Waals surface area contributed by atoms with Gasteiger partial charge in [-0.3, -0.25) is 9.78 Å². The minimum atomic E-state index is -0.0825. The van der Waals surface area contributed by atoms with Crippen molar-refractivity contribution in [1.82, 2.24) is 24.8 Å². The van der Waals surface area contributed by atoms with E-state index in [1.807, 2.05) is 10.3 Å². The summed E-state index contributed by atoms with van der Waals surface area (Å²) in [4.78, 5) is 31.4. The van der Waals surface area contributed by atoms with Crippen molar-refractivity contribution in [3.05, 3.63) is 58.7 Å². The van der Waals surface area contributed by atoms with Gasteiger partial charge in [-0.15, -0.1) is 0 Å². The first-order valence-corrected chi connectivity index (χ1v) is 8.68. The minimum Gasteiger partial charge on any atom is -0.337 e. The second-order valence-corrected chi connectivity index (χ2v) is 6.32. The van der Waals surface area contributed by atoms with E-state index >= 15 is 0 Å². The summed E-state index contributed by atoms with van der Waals surface area (Å²) in [7, 11) is 0. The Kier molecular flexibility index (Phi) is 4.00. The van der Waals surface area contributed by atoms with Crippen molar-refractivity contribution in [2.24, 2.45) is 0 Å². The fourth-order valence-corrected chi connectivity index (χ4v) is 3.59. The molecule has 7 heteroatoms. The van der Waals surface area contributed by atoms with Gasteiger partial charge in [0.1, 0.15) is 12.0 Å². The van der Waals surface area contributed by atoms with Crippen molar-refractivity contribution in [2.45, 2.75) is 12.8 Å². The Morgan fingerprint density at radius 2 is 2.04 bits per heavy atom. The summed E-state index contributed by atoms with van der Waals surface area (Å²) in [6, 6.07) is 2.07. The molecule has 0 fully saturated rings. The van der Waals surface area contributed by atoms with Crippen LogP contribution in [0.1, 0.15) is 21.7 Å².